The van der Waals surface area contributed by atoms with Crippen molar-refractivity contribution in [2.45, 2.75) is 388 Å². The molecule has 0 saturated heterocycles. The average molecular weight is 2100 g/mol. The summed E-state index contributed by atoms with van der Waals surface area (Å²) >= 11 is 0. The van der Waals surface area contributed by atoms with E-state index in [9.17, 15) is 17.6 Å². The van der Waals surface area contributed by atoms with Crippen molar-refractivity contribution >= 4 is 178 Å². The molecule has 0 aromatic heterocycles. The molecular weight excluding hydrogens is 1930 g/mol. The first kappa shape index (κ1) is 117. The second kappa shape index (κ2) is 47.3. The number of rotatable bonds is 24. The highest BCUT2D eigenvalue weighted by atomic mass is 28.3. The monoisotopic (exact) mass is 2100 g/mol. The fourth-order valence-corrected chi connectivity index (χ4v) is 59.6. The Morgan fingerprint density at radius 3 is 0.607 bits per heavy atom. The Morgan fingerprint density at radius 1 is 0.213 bits per heavy atom. The lowest BCUT2D eigenvalue weighted by Crippen LogP contribution is -2.43. The van der Waals surface area contributed by atoms with E-state index in [0.29, 0.717) is 105 Å². The Balaban J connectivity index is 0.000000188. The van der Waals surface area contributed by atoms with E-state index in [0.717, 1.165) is 117 Å². The van der Waals surface area contributed by atoms with Gasteiger partial charge in [0.15, 0.2) is 0 Å². The summed E-state index contributed by atoms with van der Waals surface area (Å²) in [5, 5.41) is 26.1. The van der Waals surface area contributed by atoms with Gasteiger partial charge in [-0.25, -0.2) is 4.39 Å². The summed E-state index contributed by atoms with van der Waals surface area (Å²) in [6.45, 7) is 88.2. The lowest BCUT2D eigenvalue weighted by Gasteiger charge is -2.38. The van der Waals surface area contributed by atoms with Gasteiger partial charge in [-0.3, -0.25) is 0 Å². The van der Waals surface area contributed by atoms with E-state index < -0.39 is 60.2 Å². The maximum atomic E-state index is 14.7. The molecule has 0 bridgehead atoms. The van der Waals surface area contributed by atoms with E-state index in [-0.39, 0.29) is 5.82 Å². The van der Waals surface area contributed by atoms with E-state index in [1.165, 1.54) is 90.6 Å². The molecule has 0 fully saturated rings. The summed E-state index contributed by atoms with van der Waals surface area (Å²) in [6, 6.07) is 68.9. The summed E-state index contributed by atoms with van der Waals surface area (Å²) in [7, 11) is -12.4. The molecule has 0 aliphatic carbocycles. The minimum atomic E-state index is -4.43. The third-order valence-electron chi connectivity index (χ3n) is 36.0. The van der Waals surface area contributed by atoms with Gasteiger partial charge >= 0.3 is 6.18 Å². The van der Waals surface area contributed by atoms with Crippen LogP contribution in [0.1, 0.15) is 321 Å². The Bertz CT molecular complexity index is 7840. The number of unbranched alkanes of at least 4 members (excludes halogenated alkanes) is 3. The molecule has 786 valence electrons. The molecule has 0 heterocycles. The van der Waals surface area contributed by atoms with Gasteiger partial charge in [-0.05, 0) is 345 Å². The first-order valence-corrected chi connectivity index (χ1v) is 70.2. The minimum Gasteiger partial charge on any atom is -0.494 e. The lowest BCUT2D eigenvalue weighted by molar-refractivity contribution is -0.137. The smallest absolute Gasteiger partial charge is 0.416 e. The van der Waals surface area contributed by atoms with Crippen LogP contribution in [-0.2, 0) is 6.18 Å². The number of hydrogen-bond acceptors (Lipinski definition) is 1. The molecular formula is C139H172F4OSi6. The van der Waals surface area contributed by atoms with Gasteiger partial charge in [-0.15, -0.1) is 33.3 Å². The maximum absolute atomic E-state index is 14.7. The first-order valence-electron chi connectivity index (χ1n) is 56.8. The van der Waals surface area contributed by atoms with Crippen molar-refractivity contribution in [3.63, 3.8) is 0 Å². The van der Waals surface area contributed by atoms with Crippen LogP contribution in [0.2, 0.25) is 99.7 Å². The molecule has 0 amide bonds. The molecule has 15 rings (SSSR count). The largest absolute Gasteiger partial charge is 0.494 e. The summed E-state index contributed by atoms with van der Waals surface area (Å²) in [5.74, 6) is 24.2. The second-order valence-corrected chi connectivity index (χ2v) is 83.0. The molecule has 0 atom stereocenters. The van der Waals surface area contributed by atoms with E-state index in [1.807, 2.05) is 12.1 Å². The summed E-state index contributed by atoms with van der Waals surface area (Å²) in [6.07, 6.45) is 0.363. The third kappa shape index (κ3) is 22.4. The topological polar surface area (TPSA) is 9.23 Å². The highest BCUT2D eigenvalue weighted by molar-refractivity contribution is 6.93. The molecule has 0 N–H and O–H groups in total. The summed E-state index contributed by atoms with van der Waals surface area (Å²) in [5.41, 5.74) is 39.2. The highest BCUT2D eigenvalue weighted by Gasteiger charge is 2.48. The standard InChI is InChI=1S/C50H66OSi2.C45H53F3Si2.C44H53FSi2/c1-14-15-16-19-26-51-44-23-22-42-32-49-45(24-27-52(34(2)3,35(4)5)36(6)7)47-30-40-20-17-18-21-41(40)31-48(47)46(50(49)33-43(42)29-44)25-28-53(37(8)9,38(10)11)39(12)13;1-28(2)49(29(3)4,30(5)6)21-19-39-41-24-34-15-13-14-16-35(34)25-42(41)40(20-22-50(31(7)8,32(9)10)33(11)12)44-27-37-23-38(45(46,47)48)18-17-36(37)26-43(39)44;1-28(2)46(29(3)4,30(5)6)21-19-39-41-24-34-15-13-14-16-35(34)25-42(41)40(20-22-47(31(7)8,32(9)10)33(11)12)44-27-37-23-38(45)18-17-36(37)26-43(39)44/h17-18,20-23,29-39H,14-16,19,26H2,1-13H3;13-18,23-33H,1-12H3;13-18,23-33H,1-12H3. The molecule has 11 heteroatoms. The number of halogens is 4. The predicted molar refractivity (Wildman–Crippen MR) is 672 cm³/mol. The molecule has 150 heavy (non-hydrogen) atoms. The van der Waals surface area contributed by atoms with Crippen molar-refractivity contribution in [2.75, 3.05) is 6.61 Å². The van der Waals surface area contributed by atoms with Crippen molar-refractivity contribution < 1.29 is 22.3 Å². The molecule has 0 unspecified atom stereocenters. The van der Waals surface area contributed by atoms with Crippen LogP contribution in [0.25, 0.3) is 129 Å². The predicted octanol–water partition coefficient (Wildman–Crippen LogP) is 43.4. The lowest BCUT2D eigenvalue weighted by atomic mass is 9.88. The van der Waals surface area contributed by atoms with Crippen LogP contribution in [0.15, 0.2) is 200 Å². The quantitative estimate of drug-likeness (QED) is 0.0193. The van der Waals surface area contributed by atoms with Crippen molar-refractivity contribution in [1.82, 2.24) is 0 Å². The van der Waals surface area contributed by atoms with Crippen molar-refractivity contribution in [3.8, 4) is 74.5 Å². The van der Waals surface area contributed by atoms with Crippen LogP contribution in [0.5, 0.6) is 5.75 Å². The zero-order valence-corrected chi connectivity index (χ0v) is 104. The average Bonchev–Trinajstić information content (AvgIpc) is 0.727. The number of alkyl halides is 3. The highest BCUT2D eigenvalue weighted by Crippen LogP contribution is 2.52. The van der Waals surface area contributed by atoms with Gasteiger partial charge in [-0.2, -0.15) is 13.2 Å². The van der Waals surface area contributed by atoms with Gasteiger partial charge < -0.3 is 4.74 Å². The Morgan fingerprint density at radius 2 is 0.400 bits per heavy atom. The van der Waals surface area contributed by atoms with E-state index >= 15 is 0 Å². The van der Waals surface area contributed by atoms with E-state index in [1.54, 1.807) is 18.2 Å². The van der Waals surface area contributed by atoms with Gasteiger partial charge in [0.05, 0.1) is 12.2 Å². The van der Waals surface area contributed by atoms with Gasteiger partial charge in [0, 0.05) is 33.4 Å². The van der Waals surface area contributed by atoms with Gasteiger partial charge in [-0.1, -0.05) is 402 Å². The zero-order valence-electron chi connectivity index (χ0n) is 97.9. The number of ether oxygens (including phenoxy) is 1. The normalized spacial score (nSPS) is 12.8. The molecule has 1 nitrogen and oxygen atoms in total. The van der Waals surface area contributed by atoms with E-state index in [4.69, 9.17) is 4.74 Å². The second-order valence-electron chi connectivity index (χ2n) is 49.5. The van der Waals surface area contributed by atoms with Gasteiger partial charge in [0.1, 0.15) is 60.0 Å². The fourth-order valence-electron chi connectivity index (χ4n) is 28.3. The number of fused-ring (bicyclic) bond motifs is 12. The molecule has 15 aromatic carbocycles. The van der Waals surface area contributed by atoms with Crippen LogP contribution in [0.3, 0.4) is 0 Å². The molecule has 0 saturated carbocycles. The molecule has 0 radical (unpaired) electrons. The Kier molecular flexibility index (Phi) is 36.8. The Hall–Kier alpha value is -10.4. The van der Waals surface area contributed by atoms with Crippen molar-refractivity contribution in [2.24, 2.45) is 0 Å². The summed E-state index contributed by atoms with van der Waals surface area (Å²) < 4.78 is 62.9. The van der Waals surface area contributed by atoms with Crippen molar-refractivity contribution in [3.05, 3.63) is 245 Å². The molecule has 0 aliphatic heterocycles. The molecule has 15 aromatic rings. The third-order valence-corrected chi connectivity index (χ3v) is 73.7. The van der Waals surface area contributed by atoms with Gasteiger partial charge in [0.25, 0.3) is 0 Å². The number of benzene rings is 15. The molecule has 0 aliphatic rings. The number of hydrogen-bond donors (Lipinski definition) is 0. The van der Waals surface area contributed by atoms with Crippen LogP contribution < -0.4 is 4.74 Å². The zero-order chi connectivity index (χ0) is 110. The van der Waals surface area contributed by atoms with Crippen molar-refractivity contribution in [1.29, 1.82) is 0 Å². The van der Waals surface area contributed by atoms with Crippen LogP contribution >= 0.6 is 0 Å². The van der Waals surface area contributed by atoms with Crippen LogP contribution in [0.4, 0.5) is 17.6 Å². The summed E-state index contributed by atoms with van der Waals surface area (Å²) in [4.78, 5) is 0. The minimum absolute atomic E-state index is 0.219. The van der Waals surface area contributed by atoms with E-state index in [2.05, 4.69) is 483 Å². The Labute approximate surface area is 906 Å². The fraction of sp³-hybridized carbons (Fsp3) is 0.439. The van der Waals surface area contributed by atoms with Crippen LogP contribution in [0, 0.1) is 74.6 Å². The maximum Gasteiger partial charge on any atom is 0.416 e. The van der Waals surface area contributed by atoms with Crippen LogP contribution in [-0.4, -0.2) is 55.1 Å². The molecule has 0 spiro atoms. The first-order chi connectivity index (χ1) is 70.7. The van der Waals surface area contributed by atoms with Gasteiger partial charge in [0.2, 0.25) is 0 Å². The SMILES string of the molecule is CC(C)[Si](C#Cc1c2cc3ccccc3cc2c(C#C[Si](C(C)C)(C(C)C)C(C)C)c2cc3cc(C(F)(F)F)ccc3cc12)(C(C)C)C(C)C.CC(C)[Si](C#Cc1c2cc3ccccc3cc2c(C#C[Si](C(C)C)(C(C)C)C(C)C)c2cc3cc(F)ccc3cc12)(C(C)C)C(C)C.CCCCCCOc1ccc2cc3c(C#C[Si](C(C)C)(C(C)C)C(C)C)c4cc5ccccc5cc4c(C#C[Si](C(C)C)(C(C)C)C(C)C)c3cc2c1.